The predicted molar refractivity (Wildman–Crippen MR) is 78.0 cm³/mol. The minimum Gasteiger partial charge on any atom is -0.240 e. The SMILES string of the molecule is Cc1ccc(-c2cnc(C3CCCCC3)nc2)cc1. The lowest BCUT2D eigenvalue weighted by molar-refractivity contribution is 0.428. The predicted octanol–water partition coefficient (Wildman–Crippen LogP) is 4.50. The van der Waals surface area contributed by atoms with Gasteiger partial charge in [0.15, 0.2) is 0 Å². The lowest BCUT2D eigenvalue weighted by atomic mass is 9.88. The third-order valence-corrected chi connectivity index (χ3v) is 4.03. The molecule has 1 aliphatic rings. The lowest BCUT2D eigenvalue weighted by Crippen LogP contribution is -2.08. The highest BCUT2D eigenvalue weighted by Crippen LogP contribution is 2.30. The first-order valence-corrected chi connectivity index (χ1v) is 7.22. The monoisotopic (exact) mass is 252 g/mol. The molecule has 0 aliphatic heterocycles. The molecule has 0 N–H and O–H groups in total. The van der Waals surface area contributed by atoms with Crippen molar-refractivity contribution >= 4 is 0 Å². The van der Waals surface area contributed by atoms with Gasteiger partial charge in [-0.15, -0.1) is 0 Å². The molecule has 1 fully saturated rings. The van der Waals surface area contributed by atoms with Crippen molar-refractivity contribution in [2.75, 3.05) is 0 Å². The largest absolute Gasteiger partial charge is 0.240 e. The van der Waals surface area contributed by atoms with Gasteiger partial charge in [0.05, 0.1) is 0 Å². The van der Waals surface area contributed by atoms with Gasteiger partial charge in [-0.05, 0) is 25.3 Å². The average molecular weight is 252 g/mol. The van der Waals surface area contributed by atoms with Crippen LogP contribution in [0.2, 0.25) is 0 Å². The molecule has 0 spiro atoms. The van der Waals surface area contributed by atoms with E-state index in [9.17, 15) is 0 Å². The van der Waals surface area contributed by atoms with Gasteiger partial charge in [0.1, 0.15) is 5.82 Å². The molecule has 2 heteroatoms. The normalized spacial score (nSPS) is 16.5. The Morgan fingerprint density at radius 3 is 2.11 bits per heavy atom. The molecule has 0 unspecified atom stereocenters. The summed E-state index contributed by atoms with van der Waals surface area (Å²) in [5.41, 5.74) is 3.59. The Bertz CT molecular complexity index is 522. The van der Waals surface area contributed by atoms with Crippen molar-refractivity contribution in [1.82, 2.24) is 9.97 Å². The van der Waals surface area contributed by atoms with Crippen LogP contribution in [-0.4, -0.2) is 9.97 Å². The van der Waals surface area contributed by atoms with Gasteiger partial charge in [-0.1, -0.05) is 49.1 Å². The summed E-state index contributed by atoms with van der Waals surface area (Å²) in [6.45, 7) is 2.10. The Balaban J connectivity index is 1.80. The summed E-state index contributed by atoms with van der Waals surface area (Å²) >= 11 is 0. The van der Waals surface area contributed by atoms with Crippen molar-refractivity contribution in [3.05, 3.63) is 48.0 Å². The first kappa shape index (κ1) is 12.3. The van der Waals surface area contributed by atoms with Crippen LogP contribution in [0.1, 0.15) is 49.4 Å². The standard InChI is InChI=1S/C17H20N2/c1-13-7-9-14(10-8-13)16-11-18-17(19-12-16)15-5-3-2-4-6-15/h7-12,15H,2-6H2,1H3. The van der Waals surface area contributed by atoms with Crippen LogP contribution in [0.25, 0.3) is 11.1 Å². The molecule has 0 saturated heterocycles. The van der Waals surface area contributed by atoms with Gasteiger partial charge in [0.2, 0.25) is 0 Å². The molecule has 1 saturated carbocycles. The highest BCUT2D eigenvalue weighted by atomic mass is 14.9. The van der Waals surface area contributed by atoms with E-state index in [0.29, 0.717) is 5.92 Å². The van der Waals surface area contributed by atoms with Crippen LogP contribution in [0.5, 0.6) is 0 Å². The van der Waals surface area contributed by atoms with Gasteiger partial charge in [-0.3, -0.25) is 0 Å². The molecule has 2 aromatic rings. The molecule has 1 aromatic carbocycles. The van der Waals surface area contributed by atoms with E-state index >= 15 is 0 Å². The van der Waals surface area contributed by atoms with Crippen LogP contribution in [0.4, 0.5) is 0 Å². The summed E-state index contributed by atoms with van der Waals surface area (Å²) < 4.78 is 0. The topological polar surface area (TPSA) is 25.8 Å². The second kappa shape index (κ2) is 5.52. The Kier molecular flexibility index (Phi) is 3.58. The zero-order valence-corrected chi connectivity index (χ0v) is 11.5. The molecule has 0 radical (unpaired) electrons. The Labute approximate surface area is 114 Å². The fourth-order valence-corrected chi connectivity index (χ4v) is 2.80. The van der Waals surface area contributed by atoms with E-state index in [2.05, 4.69) is 41.2 Å². The zero-order valence-electron chi connectivity index (χ0n) is 11.5. The van der Waals surface area contributed by atoms with E-state index in [1.165, 1.54) is 43.2 Å². The van der Waals surface area contributed by atoms with Gasteiger partial charge in [-0.25, -0.2) is 9.97 Å². The minimum atomic E-state index is 0.584. The second-order valence-electron chi connectivity index (χ2n) is 5.53. The Hall–Kier alpha value is -1.70. The fraction of sp³-hybridized carbons (Fsp3) is 0.412. The fourth-order valence-electron chi connectivity index (χ4n) is 2.80. The van der Waals surface area contributed by atoms with Crippen LogP contribution in [-0.2, 0) is 0 Å². The summed E-state index contributed by atoms with van der Waals surface area (Å²) in [5, 5.41) is 0. The van der Waals surface area contributed by atoms with Crippen molar-refractivity contribution in [3.63, 3.8) is 0 Å². The molecule has 1 heterocycles. The maximum atomic E-state index is 4.59. The van der Waals surface area contributed by atoms with Gasteiger partial charge >= 0.3 is 0 Å². The van der Waals surface area contributed by atoms with E-state index in [0.717, 1.165) is 11.4 Å². The molecular weight excluding hydrogens is 232 g/mol. The van der Waals surface area contributed by atoms with Crippen LogP contribution in [0.3, 0.4) is 0 Å². The lowest BCUT2D eigenvalue weighted by Gasteiger charge is -2.20. The average Bonchev–Trinajstić information content (AvgIpc) is 2.49. The zero-order chi connectivity index (χ0) is 13.1. The van der Waals surface area contributed by atoms with Crippen LogP contribution < -0.4 is 0 Å². The summed E-state index contributed by atoms with van der Waals surface area (Å²) in [6, 6.07) is 8.53. The molecule has 2 nitrogen and oxygen atoms in total. The van der Waals surface area contributed by atoms with Crippen molar-refractivity contribution in [2.45, 2.75) is 44.9 Å². The molecule has 0 bridgehead atoms. The summed E-state index contributed by atoms with van der Waals surface area (Å²) in [4.78, 5) is 9.18. The first-order valence-electron chi connectivity index (χ1n) is 7.22. The molecule has 0 atom stereocenters. The van der Waals surface area contributed by atoms with E-state index in [1.54, 1.807) is 0 Å². The van der Waals surface area contributed by atoms with Crippen molar-refractivity contribution < 1.29 is 0 Å². The van der Waals surface area contributed by atoms with E-state index < -0.39 is 0 Å². The van der Waals surface area contributed by atoms with E-state index in [1.807, 2.05) is 12.4 Å². The number of hydrogen-bond acceptors (Lipinski definition) is 2. The summed E-state index contributed by atoms with van der Waals surface area (Å²) in [7, 11) is 0. The summed E-state index contributed by atoms with van der Waals surface area (Å²) in [5.74, 6) is 1.62. The maximum absolute atomic E-state index is 4.59. The van der Waals surface area contributed by atoms with Gasteiger partial charge in [0.25, 0.3) is 0 Å². The molecule has 3 rings (SSSR count). The van der Waals surface area contributed by atoms with Crippen LogP contribution >= 0.6 is 0 Å². The van der Waals surface area contributed by atoms with E-state index in [-0.39, 0.29) is 0 Å². The quantitative estimate of drug-likeness (QED) is 0.786. The second-order valence-corrected chi connectivity index (χ2v) is 5.53. The molecule has 1 aliphatic carbocycles. The van der Waals surface area contributed by atoms with Gasteiger partial charge in [-0.2, -0.15) is 0 Å². The van der Waals surface area contributed by atoms with Crippen LogP contribution in [0.15, 0.2) is 36.7 Å². The number of rotatable bonds is 2. The Morgan fingerprint density at radius 1 is 0.842 bits per heavy atom. The molecule has 19 heavy (non-hydrogen) atoms. The highest BCUT2D eigenvalue weighted by Gasteiger charge is 2.17. The maximum Gasteiger partial charge on any atom is 0.131 e. The van der Waals surface area contributed by atoms with Gasteiger partial charge in [0, 0.05) is 23.9 Å². The molecule has 0 amide bonds. The van der Waals surface area contributed by atoms with Crippen molar-refractivity contribution in [3.8, 4) is 11.1 Å². The van der Waals surface area contributed by atoms with Crippen molar-refractivity contribution in [1.29, 1.82) is 0 Å². The summed E-state index contributed by atoms with van der Waals surface area (Å²) in [6.07, 6.45) is 10.5. The number of aromatic nitrogens is 2. The first-order chi connectivity index (χ1) is 9.33. The number of benzene rings is 1. The third-order valence-electron chi connectivity index (χ3n) is 4.03. The number of hydrogen-bond donors (Lipinski definition) is 0. The molecule has 98 valence electrons. The van der Waals surface area contributed by atoms with Crippen LogP contribution in [0, 0.1) is 6.92 Å². The Morgan fingerprint density at radius 2 is 1.47 bits per heavy atom. The smallest absolute Gasteiger partial charge is 0.131 e. The van der Waals surface area contributed by atoms with Crippen molar-refractivity contribution in [2.24, 2.45) is 0 Å². The molecular formula is C17H20N2. The van der Waals surface area contributed by atoms with Gasteiger partial charge < -0.3 is 0 Å². The van der Waals surface area contributed by atoms with E-state index in [4.69, 9.17) is 0 Å². The highest BCUT2D eigenvalue weighted by molar-refractivity contribution is 5.61. The minimum absolute atomic E-state index is 0.584. The third kappa shape index (κ3) is 2.83. The number of aryl methyl sites for hydroxylation is 1. The molecule has 1 aromatic heterocycles. The number of nitrogens with zero attached hydrogens (tertiary/aromatic N) is 2.